The van der Waals surface area contributed by atoms with E-state index in [0.717, 1.165) is 83.9 Å². The smallest absolute Gasteiger partial charge is 0.423 e. The number of alkyl halides is 10. The van der Waals surface area contributed by atoms with Gasteiger partial charge in [-0.05, 0) is 148 Å². The third kappa shape index (κ3) is 35.6. The molecule has 0 saturated heterocycles. The number of benzene rings is 8. The summed E-state index contributed by atoms with van der Waals surface area (Å²) in [5, 5.41) is 17.0. The summed E-state index contributed by atoms with van der Waals surface area (Å²) in [5.74, 6) is -3.94. The average molecular weight is 2180 g/mol. The van der Waals surface area contributed by atoms with Crippen molar-refractivity contribution in [2.75, 3.05) is 19.0 Å². The Morgan fingerprint density at radius 2 is 0.954 bits per heavy atom. The van der Waals surface area contributed by atoms with Gasteiger partial charge in [0, 0.05) is 166 Å². The maximum absolute atomic E-state index is 13.9. The number of nitrogens with one attached hydrogen (secondary N) is 1. The molecule has 1 amide bonds. The van der Waals surface area contributed by atoms with Crippen molar-refractivity contribution in [3.05, 3.63) is 360 Å². The topological polar surface area (TPSA) is 185 Å². The number of imidazole rings is 6. The third-order valence-corrected chi connectivity index (χ3v) is 20.1. The van der Waals surface area contributed by atoms with Gasteiger partial charge in [-0.2, -0.15) is 39.5 Å². The minimum atomic E-state index is -4.41. The van der Waals surface area contributed by atoms with Gasteiger partial charge in [-0.15, -0.1) is 0 Å². The zero-order valence-electron chi connectivity index (χ0n) is 70.9. The maximum atomic E-state index is 13.9. The van der Waals surface area contributed by atoms with Gasteiger partial charge in [-0.1, -0.05) is 141 Å². The number of aliphatic imine (C=N–C) groups is 2. The lowest BCUT2D eigenvalue weighted by molar-refractivity contribution is -0.670. The van der Waals surface area contributed by atoms with Crippen molar-refractivity contribution in [3.8, 4) is 39.7 Å². The van der Waals surface area contributed by atoms with E-state index in [1.807, 2.05) is 43.7 Å². The monoisotopic (exact) mass is 2180 g/mol. The molecule has 0 saturated carbocycles. The standard InChI is InChI=1S/C18H16F2N2.C15H15F3N4.C13H9F3N4.C10H7F2N.C9H11Br.C7H3Br2F3.C6H5BF2O2.C4H4BrN.C4H9NO.C3H4N2.CH3I.CH4/c1-11-6-12(2)18(13(3)7-11)22-9-17(21-10-22)15-5-4-14(19)8-16(15)20;1-19-3-5-21(10-19)13-7-12(15(16,17)18)8-14(9-13)22-6-4-20(2)11-22;14-13(15,16)10-5-11(19-3-1-17-8-19)7-12(6-10)20-4-2-18-9-20;11-7-3-4-8(9(12)6-7)10-2-1-5-13-10;1-6-4-7(2)9(10)8(3)5-6;8-5-1-4(7(10,11)12)2-6(9)3-5;8-4-1-2-5(7(10)11)6(9)3-4;5-4-1-2-6-3-4;1-4(6)5(2)3;1-2-5-3-4-1;1-2;/h4-10H,1-3H3;3-11H,1-2H3;1-9H;2-6H,1H2;4-5H,1-3H3;1-3H;1-3,10-11H;2-3H,1H2;1-3H3;1-3H,(H,4,5);1H3;1H4/q;+2;;;;;;;;;;. The molecule has 8 heterocycles. The van der Waals surface area contributed by atoms with E-state index < -0.39 is 77.2 Å². The van der Waals surface area contributed by atoms with Crippen molar-refractivity contribution in [1.82, 2.24) is 52.7 Å². The fourth-order valence-corrected chi connectivity index (χ4v) is 13.2. The molecule has 0 aliphatic carbocycles. The Bertz CT molecular complexity index is 5880. The van der Waals surface area contributed by atoms with Crippen molar-refractivity contribution in [3.63, 3.8) is 0 Å². The largest absolute Gasteiger partial charge is 0.491 e. The molecule has 18 nitrogen and oxygen atoms in total. The second kappa shape index (κ2) is 52.1. The molecule has 0 radical (unpaired) electrons. The highest BCUT2D eigenvalue weighted by molar-refractivity contribution is 14.1. The molecule has 8 aromatic carbocycles. The SMILES string of the molecule is BrC1=CN=CC1.C.CC(=O)N(C)C.CI.C[n+]1ccn(-c2cc(-n3cc[n+](C)c3)cc(C(F)(F)F)c2)c1.Cc1cc(C)c(-n2cnc(-c3ccc(F)cc3F)c2)c(C)c1.Cc1cc(C)c(Br)c(C)c1.FC(F)(F)c1cc(-n2ccnc2)cc(-n2ccnc2)c1.FC(F)(F)c1cc(Br)cc(Br)c1.Fc1ccc(C2=CCC=N2)c(F)c1.OB(O)c1ccc(F)cc1F.c1c[nH]cn1. The molecule has 0 fully saturated rings. The van der Waals surface area contributed by atoms with Gasteiger partial charge in [0.25, 0.3) is 0 Å². The van der Waals surface area contributed by atoms with Gasteiger partial charge in [-0.25, -0.2) is 64.5 Å². The predicted molar refractivity (Wildman–Crippen MR) is 500 cm³/mol. The Hall–Kier alpha value is -11.1. The Labute approximate surface area is 789 Å². The first-order chi connectivity index (χ1) is 60.7. The number of rotatable bonds is 8. The number of H-pyrrole nitrogens is 1. The Balaban J connectivity index is 0.000000263. The number of hydrogen-bond acceptors (Lipinski definition) is 9. The highest BCUT2D eigenvalue weighted by Gasteiger charge is 2.34. The Kier molecular flexibility index (Phi) is 43.8. The summed E-state index contributed by atoms with van der Waals surface area (Å²) in [6.07, 6.45) is 23.8. The van der Waals surface area contributed by atoms with E-state index in [1.54, 1.807) is 150 Å². The van der Waals surface area contributed by atoms with Crippen LogP contribution in [0.1, 0.15) is 82.8 Å². The van der Waals surface area contributed by atoms with Crippen LogP contribution in [-0.2, 0) is 37.4 Å². The van der Waals surface area contributed by atoms with Crippen molar-refractivity contribution < 1.29 is 89.8 Å². The normalized spacial score (nSPS) is 11.4. The lowest BCUT2D eigenvalue weighted by Crippen LogP contribution is -2.32. The van der Waals surface area contributed by atoms with Crippen LogP contribution in [0.25, 0.3) is 45.4 Å². The zero-order chi connectivity index (χ0) is 95.8. The van der Waals surface area contributed by atoms with Crippen LogP contribution in [0.15, 0.2) is 280 Å². The van der Waals surface area contributed by atoms with Crippen molar-refractivity contribution in [2.45, 2.75) is 87.3 Å². The molecule has 3 N–H and O–H groups in total. The summed E-state index contributed by atoms with van der Waals surface area (Å²) in [5.41, 5.74) is 9.48. The van der Waals surface area contributed by atoms with Crippen LogP contribution in [-0.4, -0.2) is 107 Å². The molecule has 130 heavy (non-hydrogen) atoms. The summed E-state index contributed by atoms with van der Waals surface area (Å²) < 4.78 is 207. The third-order valence-electron chi connectivity index (χ3n) is 17.4. The van der Waals surface area contributed by atoms with Gasteiger partial charge in [0.05, 0.1) is 73.2 Å². The molecular weight excluding hydrogens is 2090 g/mol. The Morgan fingerprint density at radius 3 is 1.28 bits per heavy atom. The predicted octanol–water partition coefficient (Wildman–Crippen LogP) is 23.7. The lowest BCUT2D eigenvalue weighted by atomic mass is 9.80. The fraction of sp³-hybridized carbons (Fsp3) is 0.198. The molecule has 6 aromatic heterocycles. The number of aryl methyl sites for hydroxylation is 8. The van der Waals surface area contributed by atoms with Gasteiger partial charge in [-0.3, -0.25) is 14.8 Å². The first-order valence-electron chi connectivity index (χ1n) is 37.9. The molecule has 2 aliphatic heterocycles. The average Bonchev–Trinajstić information content (AvgIpc) is 1.66. The summed E-state index contributed by atoms with van der Waals surface area (Å²) in [6, 6.07) is 29.5. The molecule has 39 heteroatoms. The molecule has 0 atom stereocenters. The van der Waals surface area contributed by atoms with Crippen LogP contribution in [0.2, 0.25) is 0 Å². The van der Waals surface area contributed by atoms with Gasteiger partial charge < -0.3 is 33.6 Å². The van der Waals surface area contributed by atoms with Crippen molar-refractivity contribution in [1.29, 1.82) is 0 Å². The number of allylic oxidation sites excluding steroid dienone is 2. The van der Waals surface area contributed by atoms with Gasteiger partial charge in [0.15, 0.2) is 0 Å². The number of aromatic amines is 1. The quantitative estimate of drug-likeness (QED) is 0.0444. The number of aromatic nitrogens is 12. The van der Waals surface area contributed by atoms with E-state index in [9.17, 15) is 70.7 Å². The first-order valence-corrected chi connectivity index (χ1v) is 43.2. The highest BCUT2D eigenvalue weighted by Crippen LogP contribution is 2.37. The van der Waals surface area contributed by atoms with E-state index in [4.69, 9.17) is 10.0 Å². The molecule has 0 spiro atoms. The number of carbonyl (C=O) groups excluding carboxylic acids is 1. The minimum absolute atomic E-state index is 0. The van der Waals surface area contributed by atoms with Crippen molar-refractivity contribution in [2.24, 2.45) is 24.1 Å². The molecule has 688 valence electrons. The van der Waals surface area contributed by atoms with Crippen LogP contribution >= 0.6 is 86.3 Å². The molecule has 0 bridgehead atoms. The van der Waals surface area contributed by atoms with Crippen LogP contribution in [0.4, 0.5) is 65.9 Å². The number of nitrogens with zero attached hydrogens (tertiary/aromatic N) is 14. The molecule has 2 aliphatic rings. The van der Waals surface area contributed by atoms with Crippen LogP contribution < -0.4 is 14.6 Å². The lowest BCUT2D eigenvalue weighted by Gasteiger charge is -2.13. The number of halogens is 20. The summed E-state index contributed by atoms with van der Waals surface area (Å²) >= 11 is 14.9. The zero-order valence-corrected chi connectivity index (χ0v) is 79.4. The summed E-state index contributed by atoms with van der Waals surface area (Å²) in [4.78, 5) is 39.7. The number of hydrogen-bond donors (Lipinski definition) is 3. The van der Waals surface area contributed by atoms with Crippen LogP contribution in [0.5, 0.6) is 0 Å². The second-order valence-electron chi connectivity index (χ2n) is 27.9. The van der Waals surface area contributed by atoms with E-state index >= 15 is 0 Å². The van der Waals surface area contributed by atoms with E-state index in [1.165, 1.54) is 101 Å². The van der Waals surface area contributed by atoms with Crippen LogP contribution in [0, 0.1) is 76.4 Å². The van der Waals surface area contributed by atoms with Crippen molar-refractivity contribution >= 4 is 123 Å². The van der Waals surface area contributed by atoms with E-state index in [-0.39, 0.29) is 18.8 Å². The fourth-order valence-electron chi connectivity index (χ4n) is 11.4. The molecular formula is C91H90BBr4F15IN15O3+2. The molecule has 0 unspecified atom stereocenters. The summed E-state index contributed by atoms with van der Waals surface area (Å²) in [7, 11) is 5.19. The highest BCUT2D eigenvalue weighted by atomic mass is 127. The first kappa shape index (κ1) is 109. The Morgan fingerprint density at radius 1 is 0.523 bits per heavy atom. The number of amides is 1. The van der Waals surface area contributed by atoms with E-state index in [2.05, 4.69) is 173 Å². The number of carbonyl (C=O) groups is 1. The van der Waals surface area contributed by atoms with Crippen LogP contribution in [0.3, 0.4) is 0 Å². The molecule has 16 rings (SSSR count). The maximum Gasteiger partial charge on any atom is 0.491 e. The van der Waals surface area contributed by atoms with Gasteiger partial charge in [0.2, 0.25) is 18.6 Å². The summed E-state index contributed by atoms with van der Waals surface area (Å²) in [6.45, 7) is 14.0. The van der Waals surface area contributed by atoms with Gasteiger partial charge >= 0.3 is 25.6 Å². The second-order valence-corrected chi connectivity index (χ2v) is 31.5. The van der Waals surface area contributed by atoms with E-state index in [0.29, 0.717) is 66.7 Å². The van der Waals surface area contributed by atoms with Gasteiger partial charge in [0.1, 0.15) is 71.1 Å². The molecule has 14 aromatic rings. The minimum Gasteiger partial charge on any atom is -0.423 e.